The Morgan fingerprint density at radius 1 is 1.29 bits per heavy atom. The molecule has 0 fully saturated rings. The van der Waals surface area contributed by atoms with Gasteiger partial charge in [-0.1, -0.05) is 36.9 Å². The number of hydrogen-bond acceptors (Lipinski definition) is 4. The average Bonchev–Trinajstić information content (AvgIpc) is 3.10. The van der Waals surface area contributed by atoms with Crippen LogP contribution in [0.2, 0.25) is 0 Å². The Morgan fingerprint density at radius 3 is 2.64 bits per heavy atom. The molecule has 0 unspecified atom stereocenters. The summed E-state index contributed by atoms with van der Waals surface area (Å²) in [5, 5.41) is 4.21. The molecule has 1 aromatic carbocycles. The summed E-state index contributed by atoms with van der Waals surface area (Å²) in [6.45, 7) is 5.44. The zero-order valence-corrected chi connectivity index (χ0v) is 16.5. The lowest BCUT2D eigenvalue weighted by Gasteiger charge is -2.17. The molecule has 0 amide bonds. The third-order valence-electron chi connectivity index (χ3n) is 5.37. The fourth-order valence-electron chi connectivity index (χ4n) is 3.90. The van der Waals surface area contributed by atoms with E-state index in [1.54, 1.807) is 6.08 Å². The quantitative estimate of drug-likeness (QED) is 0.720. The van der Waals surface area contributed by atoms with E-state index in [9.17, 15) is 4.79 Å². The van der Waals surface area contributed by atoms with Crippen molar-refractivity contribution in [1.29, 1.82) is 0 Å². The minimum Gasteiger partial charge on any atom is -0.380 e. The monoisotopic (exact) mass is 374 g/mol. The Labute approximate surface area is 165 Å². The smallest absolute Gasteiger partial charge is 0.198 e. The number of likely N-dealkylation sites (N-methyl/N-ethyl adjacent to an activating group) is 1. The van der Waals surface area contributed by atoms with E-state index in [4.69, 9.17) is 0 Å². The van der Waals surface area contributed by atoms with Gasteiger partial charge < -0.3 is 14.8 Å². The molecule has 0 spiro atoms. The summed E-state index contributed by atoms with van der Waals surface area (Å²) in [6, 6.07) is 10.8. The first-order valence-electron chi connectivity index (χ1n) is 9.69. The third kappa shape index (κ3) is 3.58. The van der Waals surface area contributed by atoms with Gasteiger partial charge in [0, 0.05) is 30.9 Å². The molecule has 4 rings (SSSR count). The molecule has 0 aliphatic heterocycles. The van der Waals surface area contributed by atoms with Gasteiger partial charge in [0.15, 0.2) is 5.43 Å². The molecule has 1 aliphatic carbocycles. The number of hydrogen-bond donors (Lipinski definition) is 1. The molecular formula is C23H26N4O. The Morgan fingerprint density at radius 2 is 2.00 bits per heavy atom. The molecule has 2 aromatic heterocycles. The lowest BCUT2D eigenvalue weighted by molar-refractivity contribution is 0.386. The second kappa shape index (κ2) is 7.60. The van der Waals surface area contributed by atoms with E-state index >= 15 is 0 Å². The number of nitrogens with one attached hydrogen (secondary N) is 1. The highest BCUT2D eigenvalue weighted by atomic mass is 16.1. The van der Waals surface area contributed by atoms with Crippen molar-refractivity contribution in [3.05, 3.63) is 76.2 Å². The first kappa shape index (κ1) is 18.4. The van der Waals surface area contributed by atoms with Gasteiger partial charge in [0.05, 0.1) is 17.3 Å². The fourth-order valence-corrected chi connectivity index (χ4v) is 3.90. The zero-order chi connectivity index (χ0) is 19.7. The average molecular weight is 374 g/mol. The van der Waals surface area contributed by atoms with Crippen LogP contribution < -0.4 is 10.7 Å². The summed E-state index contributed by atoms with van der Waals surface area (Å²) in [6.07, 6.45) is 7.31. The van der Waals surface area contributed by atoms with Gasteiger partial charge in [0.1, 0.15) is 5.65 Å². The molecule has 0 atom stereocenters. The normalized spacial score (nSPS) is 13.8. The van der Waals surface area contributed by atoms with Crippen LogP contribution in [0.25, 0.3) is 17.1 Å². The van der Waals surface area contributed by atoms with Crippen molar-refractivity contribution in [2.75, 3.05) is 26.0 Å². The van der Waals surface area contributed by atoms with Crippen molar-refractivity contribution < 1.29 is 0 Å². The predicted molar refractivity (Wildman–Crippen MR) is 116 cm³/mol. The van der Waals surface area contributed by atoms with E-state index in [-0.39, 0.29) is 5.43 Å². The molecular weight excluding hydrogens is 348 g/mol. The molecule has 5 heteroatoms. The lowest BCUT2D eigenvalue weighted by atomic mass is 10.1. The highest BCUT2D eigenvalue weighted by molar-refractivity contribution is 5.81. The number of anilines is 1. The van der Waals surface area contributed by atoms with E-state index in [2.05, 4.69) is 46.0 Å². The standard InChI is InChI=1S/C23H26N4O/c1-4-16-15-27(10-9-26(2)3)23-21(22(16)28)13-20(14-24-23)25-19-11-17-7-5-6-8-18(17)12-19/h4-8,13-15,19,25H,1,9-12H2,2-3H3. The van der Waals surface area contributed by atoms with Crippen LogP contribution in [-0.2, 0) is 19.4 Å². The molecule has 1 N–H and O–H groups in total. The molecule has 28 heavy (non-hydrogen) atoms. The largest absolute Gasteiger partial charge is 0.380 e. The molecule has 144 valence electrons. The highest BCUT2D eigenvalue weighted by Gasteiger charge is 2.21. The van der Waals surface area contributed by atoms with Crippen LogP contribution in [0.15, 0.2) is 54.1 Å². The van der Waals surface area contributed by atoms with Gasteiger partial charge in [-0.15, -0.1) is 0 Å². The minimum atomic E-state index is -0.0167. The summed E-state index contributed by atoms with van der Waals surface area (Å²) in [5.74, 6) is 0. The molecule has 0 radical (unpaired) electrons. The molecule has 0 bridgehead atoms. The van der Waals surface area contributed by atoms with E-state index in [0.717, 1.165) is 37.3 Å². The maximum Gasteiger partial charge on any atom is 0.198 e. The van der Waals surface area contributed by atoms with Crippen molar-refractivity contribution in [3.63, 3.8) is 0 Å². The van der Waals surface area contributed by atoms with Crippen LogP contribution in [-0.4, -0.2) is 41.1 Å². The zero-order valence-electron chi connectivity index (χ0n) is 16.5. The summed E-state index contributed by atoms with van der Waals surface area (Å²) < 4.78 is 2.04. The molecule has 5 nitrogen and oxygen atoms in total. The van der Waals surface area contributed by atoms with Crippen LogP contribution in [0, 0.1) is 0 Å². The number of aromatic nitrogens is 2. The van der Waals surface area contributed by atoms with E-state index in [1.807, 2.05) is 37.1 Å². The van der Waals surface area contributed by atoms with Gasteiger partial charge in [0.2, 0.25) is 0 Å². The number of pyridine rings is 2. The molecule has 1 aliphatic rings. The Kier molecular flexibility index (Phi) is 5.01. The Balaban J connectivity index is 1.65. The maximum absolute atomic E-state index is 12.9. The fraction of sp³-hybridized carbons (Fsp3) is 0.304. The van der Waals surface area contributed by atoms with Crippen LogP contribution in [0.1, 0.15) is 16.7 Å². The number of rotatable bonds is 6. The first-order chi connectivity index (χ1) is 13.5. The van der Waals surface area contributed by atoms with Crippen molar-refractivity contribution in [3.8, 4) is 0 Å². The SMILES string of the molecule is C=Cc1cn(CCN(C)C)c2ncc(NC3Cc4ccccc4C3)cc2c1=O. The van der Waals surface area contributed by atoms with E-state index in [0.29, 0.717) is 17.0 Å². The van der Waals surface area contributed by atoms with E-state index < -0.39 is 0 Å². The van der Waals surface area contributed by atoms with Gasteiger partial charge in [-0.05, 0) is 44.1 Å². The molecule has 3 aromatic rings. The Bertz CT molecular complexity index is 1060. The maximum atomic E-state index is 12.9. The van der Waals surface area contributed by atoms with Crippen LogP contribution >= 0.6 is 0 Å². The van der Waals surface area contributed by atoms with Gasteiger partial charge in [-0.2, -0.15) is 0 Å². The van der Waals surface area contributed by atoms with Crippen molar-refractivity contribution in [2.45, 2.75) is 25.4 Å². The van der Waals surface area contributed by atoms with Crippen LogP contribution in [0.3, 0.4) is 0 Å². The Hall–Kier alpha value is -2.92. The van der Waals surface area contributed by atoms with Crippen LogP contribution in [0.5, 0.6) is 0 Å². The minimum absolute atomic E-state index is 0.0167. The molecule has 2 heterocycles. The van der Waals surface area contributed by atoms with Gasteiger partial charge >= 0.3 is 0 Å². The predicted octanol–water partition coefficient (Wildman–Crippen LogP) is 3.18. The number of fused-ring (bicyclic) bond motifs is 2. The summed E-state index contributed by atoms with van der Waals surface area (Å²) in [5.41, 5.74) is 5.00. The summed E-state index contributed by atoms with van der Waals surface area (Å²) >= 11 is 0. The molecule has 0 saturated heterocycles. The first-order valence-corrected chi connectivity index (χ1v) is 9.69. The van der Waals surface area contributed by atoms with Crippen molar-refractivity contribution >= 4 is 22.8 Å². The molecule has 0 saturated carbocycles. The van der Waals surface area contributed by atoms with Gasteiger partial charge in [-0.3, -0.25) is 4.79 Å². The highest BCUT2D eigenvalue weighted by Crippen LogP contribution is 2.25. The van der Waals surface area contributed by atoms with Crippen LogP contribution in [0.4, 0.5) is 5.69 Å². The number of benzene rings is 1. The van der Waals surface area contributed by atoms with Gasteiger partial charge in [-0.25, -0.2) is 4.98 Å². The second-order valence-electron chi connectivity index (χ2n) is 7.73. The third-order valence-corrected chi connectivity index (χ3v) is 5.37. The summed E-state index contributed by atoms with van der Waals surface area (Å²) in [7, 11) is 4.07. The lowest BCUT2D eigenvalue weighted by Crippen LogP contribution is -2.22. The summed E-state index contributed by atoms with van der Waals surface area (Å²) in [4.78, 5) is 19.6. The van der Waals surface area contributed by atoms with Gasteiger partial charge in [0.25, 0.3) is 0 Å². The van der Waals surface area contributed by atoms with Crippen molar-refractivity contribution in [1.82, 2.24) is 14.5 Å². The number of nitrogens with zero attached hydrogens (tertiary/aromatic N) is 3. The van der Waals surface area contributed by atoms with E-state index in [1.165, 1.54) is 11.1 Å². The van der Waals surface area contributed by atoms with Crippen molar-refractivity contribution in [2.24, 2.45) is 0 Å². The topological polar surface area (TPSA) is 50.2 Å². The second-order valence-corrected chi connectivity index (χ2v) is 7.73.